The lowest BCUT2D eigenvalue weighted by molar-refractivity contribution is 0.626. The molecular weight excluding hydrogens is 343 g/mol. The fourth-order valence-electron chi connectivity index (χ4n) is 2.02. The van der Waals surface area contributed by atoms with Crippen molar-refractivity contribution in [3.05, 3.63) is 45.7 Å². The Morgan fingerprint density at radius 2 is 1.92 bits per heavy atom. The molecule has 0 spiro atoms. The molecule has 0 radical (unpaired) electrons. The van der Waals surface area contributed by atoms with Crippen molar-refractivity contribution in [3.8, 4) is 0 Å². The number of thiazole rings is 1. The number of guanidine groups is 1. The van der Waals surface area contributed by atoms with Gasteiger partial charge in [0.25, 0.3) is 0 Å². The van der Waals surface area contributed by atoms with E-state index in [1.807, 2.05) is 6.92 Å². The summed E-state index contributed by atoms with van der Waals surface area (Å²) in [5.41, 5.74) is 1.12. The maximum atomic E-state index is 12.8. The van der Waals surface area contributed by atoms with Crippen molar-refractivity contribution >= 4 is 29.1 Å². The molecule has 1 heterocycles. The molecule has 7 heteroatoms. The molecule has 0 bridgehead atoms. The number of thioether (sulfide) groups is 1. The molecule has 1 aromatic heterocycles. The number of halogens is 1. The first-order chi connectivity index (χ1) is 11.6. The fraction of sp³-hybridized carbons (Fsp3) is 0.412. The molecule has 2 rings (SSSR count). The quantitative estimate of drug-likeness (QED) is 0.341. The highest BCUT2D eigenvalue weighted by Gasteiger charge is 2.04. The zero-order valence-corrected chi connectivity index (χ0v) is 15.9. The molecule has 0 aliphatic carbocycles. The number of nitrogens with zero attached hydrogens (tertiary/aromatic N) is 2. The van der Waals surface area contributed by atoms with Crippen LogP contribution in [0.2, 0.25) is 0 Å². The Balaban J connectivity index is 1.64. The lowest BCUT2D eigenvalue weighted by Gasteiger charge is -2.11. The number of aromatic nitrogens is 1. The number of nitrogens with one attached hydrogen (secondary N) is 2. The SMILES string of the molecule is CN=C(NCCSc1ccc(F)cc1)NCCc1nc(C)c(C)s1. The summed E-state index contributed by atoms with van der Waals surface area (Å²) in [4.78, 5) is 11.1. The van der Waals surface area contributed by atoms with Crippen LogP contribution in [0.5, 0.6) is 0 Å². The van der Waals surface area contributed by atoms with Crippen LogP contribution < -0.4 is 10.6 Å². The number of aliphatic imine (C=N–C) groups is 1. The summed E-state index contributed by atoms with van der Waals surface area (Å²) in [5.74, 6) is 1.48. The molecule has 0 aliphatic rings. The van der Waals surface area contributed by atoms with Gasteiger partial charge in [0.1, 0.15) is 5.82 Å². The van der Waals surface area contributed by atoms with Gasteiger partial charge in [0.2, 0.25) is 0 Å². The summed E-state index contributed by atoms with van der Waals surface area (Å²) >= 11 is 3.44. The van der Waals surface area contributed by atoms with E-state index in [-0.39, 0.29) is 5.82 Å². The Labute approximate surface area is 151 Å². The Morgan fingerprint density at radius 3 is 2.54 bits per heavy atom. The third-order valence-electron chi connectivity index (χ3n) is 3.40. The number of benzene rings is 1. The Morgan fingerprint density at radius 1 is 1.21 bits per heavy atom. The predicted octanol–water partition coefficient (Wildman–Crippen LogP) is 3.40. The van der Waals surface area contributed by atoms with Crippen molar-refractivity contribution in [1.82, 2.24) is 15.6 Å². The molecule has 130 valence electrons. The van der Waals surface area contributed by atoms with E-state index in [2.05, 4.69) is 27.5 Å². The van der Waals surface area contributed by atoms with Crippen molar-refractivity contribution < 1.29 is 4.39 Å². The second-order valence-electron chi connectivity index (χ2n) is 5.23. The van der Waals surface area contributed by atoms with Crippen LogP contribution >= 0.6 is 23.1 Å². The van der Waals surface area contributed by atoms with Crippen LogP contribution in [0, 0.1) is 19.7 Å². The van der Waals surface area contributed by atoms with Crippen molar-refractivity contribution in [2.45, 2.75) is 25.2 Å². The number of aryl methyl sites for hydroxylation is 2. The first-order valence-corrected chi connectivity index (χ1v) is 9.64. The van der Waals surface area contributed by atoms with E-state index in [4.69, 9.17) is 0 Å². The zero-order chi connectivity index (χ0) is 17.4. The van der Waals surface area contributed by atoms with Crippen LogP contribution in [0.4, 0.5) is 4.39 Å². The van der Waals surface area contributed by atoms with Crippen LogP contribution in [0.3, 0.4) is 0 Å². The minimum atomic E-state index is -0.201. The average Bonchev–Trinajstić information content (AvgIpc) is 2.89. The average molecular weight is 367 g/mol. The van der Waals surface area contributed by atoms with Crippen molar-refractivity contribution in [3.63, 3.8) is 0 Å². The van der Waals surface area contributed by atoms with Crippen LogP contribution in [0.1, 0.15) is 15.6 Å². The molecule has 0 unspecified atom stereocenters. The van der Waals surface area contributed by atoms with E-state index in [1.54, 1.807) is 42.3 Å². The summed E-state index contributed by atoms with van der Waals surface area (Å²) in [6, 6.07) is 6.56. The topological polar surface area (TPSA) is 49.3 Å². The summed E-state index contributed by atoms with van der Waals surface area (Å²) in [7, 11) is 1.76. The third kappa shape index (κ3) is 6.13. The van der Waals surface area contributed by atoms with Gasteiger partial charge in [-0.25, -0.2) is 9.37 Å². The molecule has 4 nitrogen and oxygen atoms in total. The molecule has 0 amide bonds. The predicted molar refractivity (Wildman–Crippen MR) is 102 cm³/mol. The van der Waals surface area contributed by atoms with Gasteiger partial charge in [0.05, 0.1) is 10.7 Å². The lowest BCUT2D eigenvalue weighted by atomic mass is 10.4. The summed E-state index contributed by atoms with van der Waals surface area (Å²) in [6.45, 7) is 5.74. The highest BCUT2D eigenvalue weighted by molar-refractivity contribution is 7.99. The van der Waals surface area contributed by atoms with Crippen LogP contribution in [-0.2, 0) is 6.42 Å². The van der Waals surface area contributed by atoms with Gasteiger partial charge in [-0.15, -0.1) is 23.1 Å². The van der Waals surface area contributed by atoms with Gasteiger partial charge in [-0.2, -0.15) is 0 Å². The Kier molecular flexibility index (Phi) is 7.52. The van der Waals surface area contributed by atoms with Gasteiger partial charge >= 0.3 is 0 Å². The standard InChI is InChI=1S/C17H23FN4S2/c1-12-13(2)24-16(22-12)8-9-20-17(19-3)21-10-11-23-15-6-4-14(18)5-7-15/h4-7H,8-11H2,1-3H3,(H2,19,20,21). The van der Waals surface area contributed by atoms with Gasteiger partial charge in [-0.3, -0.25) is 4.99 Å². The smallest absolute Gasteiger partial charge is 0.191 e. The highest BCUT2D eigenvalue weighted by atomic mass is 32.2. The molecule has 2 N–H and O–H groups in total. The lowest BCUT2D eigenvalue weighted by Crippen LogP contribution is -2.39. The molecule has 0 fully saturated rings. The summed E-state index contributed by atoms with van der Waals surface area (Å²) in [6.07, 6.45) is 0.893. The summed E-state index contributed by atoms with van der Waals surface area (Å²) in [5, 5.41) is 7.73. The van der Waals surface area contributed by atoms with E-state index in [9.17, 15) is 4.39 Å². The van der Waals surface area contributed by atoms with Crippen LogP contribution in [-0.4, -0.2) is 36.8 Å². The normalized spacial score (nSPS) is 11.6. The van der Waals surface area contributed by atoms with E-state index in [1.165, 1.54) is 17.0 Å². The van der Waals surface area contributed by atoms with Crippen LogP contribution in [0.15, 0.2) is 34.2 Å². The van der Waals surface area contributed by atoms with Gasteiger partial charge in [0, 0.05) is 42.1 Å². The molecule has 0 aliphatic heterocycles. The molecule has 24 heavy (non-hydrogen) atoms. The monoisotopic (exact) mass is 366 g/mol. The van der Waals surface area contributed by atoms with Crippen molar-refractivity contribution in [1.29, 1.82) is 0 Å². The van der Waals surface area contributed by atoms with E-state index in [0.717, 1.165) is 46.8 Å². The Bertz CT molecular complexity index is 648. The van der Waals surface area contributed by atoms with E-state index in [0.29, 0.717) is 0 Å². The van der Waals surface area contributed by atoms with Gasteiger partial charge in [0.15, 0.2) is 5.96 Å². The Hall–Kier alpha value is -1.60. The van der Waals surface area contributed by atoms with Gasteiger partial charge in [-0.05, 0) is 38.1 Å². The first-order valence-electron chi connectivity index (χ1n) is 7.84. The fourth-order valence-corrected chi connectivity index (χ4v) is 3.73. The second-order valence-corrected chi connectivity index (χ2v) is 7.68. The van der Waals surface area contributed by atoms with Crippen LogP contribution in [0.25, 0.3) is 0 Å². The van der Waals surface area contributed by atoms with E-state index >= 15 is 0 Å². The van der Waals surface area contributed by atoms with E-state index < -0.39 is 0 Å². The van der Waals surface area contributed by atoms with Gasteiger partial charge in [-0.1, -0.05) is 0 Å². The van der Waals surface area contributed by atoms with Crippen molar-refractivity contribution in [2.75, 3.05) is 25.9 Å². The molecule has 0 saturated carbocycles. The number of hydrogen-bond donors (Lipinski definition) is 2. The summed E-state index contributed by atoms with van der Waals surface area (Å²) < 4.78 is 12.8. The minimum Gasteiger partial charge on any atom is -0.356 e. The zero-order valence-electron chi connectivity index (χ0n) is 14.2. The molecule has 2 aromatic rings. The third-order valence-corrected chi connectivity index (χ3v) is 5.55. The number of hydrogen-bond acceptors (Lipinski definition) is 4. The largest absolute Gasteiger partial charge is 0.356 e. The number of rotatable bonds is 7. The minimum absolute atomic E-state index is 0.201. The van der Waals surface area contributed by atoms with Crippen molar-refractivity contribution in [2.24, 2.45) is 4.99 Å². The van der Waals surface area contributed by atoms with Gasteiger partial charge < -0.3 is 10.6 Å². The molecule has 1 aromatic carbocycles. The highest BCUT2D eigenvalue weighted by Crippen LogP contribution is 2.17. The molecule has 0 saturated heterocycles. The maximum absolute atomic E-state index is 12.8. The molecular formula is C17H23FN4S2. The second kappa shape index (κ2) is 9.64. The first kappa shape index (κ1) is 18.7. The maximum Gasteiger partial charge on any atom is 0.191 e. The molecule has 0 atom stereocenters.